The van der Waals surface area contributed by atoms with Crippen LogP contribution in [-0.2, 0) is 10.0 Å². The molecule has 122 valence electrons. The first-order valence-corrected chi connectivity index (χ1v) is 9.22. The summed E-state index contributed by atoms with van der Waals surface area (Å²) in [5, 5.41) is 8.14. The molecule has 0 aliphatic heterocycles. The van der Waals surface area contributed by atoms with Crippen molar-refractivity contribution in [3.63, 3.8) is 0 Å². The Morgan fingerprint density at radius 2 is 1.87 bits per heavy atom. The summed E-state index contributed by atoms with van der Waals surface area (Å²) >= 11 is 9.31. The molecule has 0 aromatic heterocycles. The number of carbonyl (C=O) groups excluding carboxylic acids is 1. The van der Waals surface area contributed by atoms with Crippen LogP contribution in [0.5, 0.6) is 0 Å². The number of hydrogen-bond donors (Lipinski definition) is 2. The Morgan fingerprint density at radius 1 is 1.22 bits per heavy atom. The molecule has 0 fully saturated rings. The van der Waals surface area contributed by atoms with Crippen LogP contribution in [0.15, 0.2) is 39.7 Å². The van der Waals surface area contributed by atoms with Crippen LogP contribution in [-0.4, -0.2) is 14.3 Å². The molecule has 0 saturated carbocycles. The number of rotatable bonds is 3. The maximum Gasteiger partial charge on any atom is 0.257 e. The van der Waals surface area contributed by atoms with E-state index < -0.39 is 15.9 Å². The number of anilines is 1. The number of carbonyl (C=O) groups is 1. The number of nitrogens with two attached hydrogens (primary N) is 1. The number of primary sulfonamides is 1. The van der Waals surface area contributed by atoms with Crippen LogP contribution in [0.2, 0.25) is 5.02 Å². The molecule has 0 atom stereocenters. The van der Waals surface area contributed by atoms with Crippen LogP contribution in [0.4, 0.5) is 5.69 Å². The third-order valence-corrected chi connectivity index (χ3v) is 5.11. The van der Waals surface area contributed by atoms with E-state index in [0.717, 1.165) is 5.56 Å². The van der Waals surface area contributed by atoms with Crippen molar-refractivity contribution in [3.05, 3.63) is 56.5 Å². The van der Waals surface area contributed by atoms with Gasteiger partial charge in [0.1, 0.15) is 0 Å². The van der Waals surface area contributed by atoms with Crippen LogP contribution in [0.25, 0.3) is 0 Å². The van der Waals surface area contributed by atoms with Gasteiger partial charge in [0.05, 0.1) is 15.5 Å². The zero-order valence-electron chi connectivity index (χ0n) is 12.4. The molecule has 0 radical (unpaired) electrons. The molecule has 2 aromatic rings. The van der Waals surface area contributed by atoms with Crippen LogP contribution in [0.3, 0.4) is 0 Å². The van der Waals surface area contributed by atoms with Crippen LogP contribution in [0.1, 0.15) is 21.5 Å². The summed E-state index contributed by atoms with van der Waals surface area (Å²) in [4.78, 5) is 12.4. The molecule has 23 heavy (non-hydrogen) atoms. The van der Waals surface area contributed by atoms with Gasteiger partial charge in [0.2, 0.25) is 10.0 Å². The molecule has 1 amide bonds. The Hall–Kier alpha value is -1.41. The van der Waals surface area contributed by atoms with Gasteiger partial charge in [0.15, 0.2) is 0 Å². The summed E-state index contributed by atoms with van der Waals surface area (Å²) in [6.45, 7) is 3.52. The second-order valence-electron chi connectivity index (χ2n) is 5.04. The third kappa shape index (κ3) is 4.11. The molecule has 2 aromatic carbocycles. The minimum absolute atomic E-state index is 0.0590. The van der Waals surface area contributed by atoms with Gasteiger partial charge in [-0.1, -0.05) is 27.5 Å². The van der Waals surface area contributed by atoms with Gasteiger partial charge in [-0.2, -0.15) is 0 Å². The largest absolute Gasteiger partial charge is 0.322 e. The van der Waals surface area contributed by atoms with Crippen molar-refractivity contribution in [3.8, 4) is 0 Å². The van der Waals surface area contributed by atoms with E-state index in [-0.39, 0.29) is 10.5 Å². The van der Waals surface area contributed by atoms with Gasteiger partial charge in [0.25, 0.3) is 5.91 Å². The number of benzene rings is 2. The standard InChI is InChI=1S/C15H14BrClN2O3S/c1-8-5-11(23(18,21)22)7-14(9(8)2)19-15(20)12-6-10(16)3-4-13(12)17/h3-7H,1-2H3,(H,19,20)(H2,18,21,22). The van der Waals surface area contributed by atoms with E-state index in [1.807, 2.05) is 0 Å². The van der Waals surface area contributed by atoms with Gasteiger partial charge in [0, 0.05) is 10.2 Å². The van der Waals surface area contributed by atoms with Crippen molar-refractivity contribution in [2.75, 3.05) is 5.32 Å². The van der Waals surface area contributed by atoms with Crippen LogP contribution < -0.4 is 10.5 Å². The molecular formula is C15H14BrClN2O3S. The molecule has 2 rings (SSSR count). The van der Waals surface area contributed by atoms with Crippen molar-refractivity contribution in [2.45, 2.75) is 18.7 Å². The normalized spacial score (nSPS) is 11.3. The van der Waals surface area contributed by atoms with E-state index in [1.54, 1.807) is 32.0 Å². The van der Waals surface area contributed by atoms with E-state index in [4.69, 9.17) is 16.7 Å². The van der Waals surface area contributed by atoms with E-state index in [0.29, 0.717) is 20.7 Å². The Kier molecular flexibility index (Phi) is 5.15. The first kappa shape index (κ1) is 17.9. The van der Waals surface area contributed by atoms with Gasteiger partial charge >= 0.3 is 0 Å². The van der Waals surface area contributed by atoms with Crippen molar-refractivity contribution < 1.29 is 13.2 Å². The highest BCUT2D eigenvalue weighted by molar-refractivity contribution is 9.10. The third-order valence-electron chi connectivity index (χ3n) is 3.39. The first-order chi connectivity index (χ1) is 10.6. The van der Waals surface area contributed by atoms with Gasteiger partial charge in [-0.3, -0.25) is 4.79 Å². The monoisotopic (exact) mass is 416 g/mol. The summed E-state index contributed by atoms with van der Waals surface area (Å²) in [5.41, 5.74) is 2.10. The average Bonchev–Trinajstić information content (AvgIpc) is 2.45. The minimum atomic E-state index is -3.86. The maximum absolute atomic E-state index is 12.4. The molecule has 8 heteroatoms. The molecule has 0 bridgehead atoms. The van der Waals surface area contributed by atoms with Crippen LogP contribution >= 0.6 is 27.5 Å². The SMILES string of the molecule is Cc1cc(S(N)(=O)=O)cc(NC(=O)c2cc(Br)ccc2Cl)c1C. The van der Waals surface area contributed by atoms with Gasteiger partial charge in [-0.05, 0) is 55.3 Å². The predicted molar refractivity (Wildman–Crippen MR) is 94.4 cm³/mol. The molecule has 3 N–H and O–H groups in total. The van der Waals surface area contributed by atoms with Crippen molar-refractivity contribution >= 4 is 49.1 Å². The summed E-state index contributed by atoms with van der Waals surface area (Å²) in [6, 6.07) is 7.70. The highest BCUT2D eigenvalue weighted by Gasteiger charge is 2.16. The number of nitrogens with one attached hydrogen (secondary N) is 1. The molecule has 0 saturated heterocycles. The lowest BCUT2D eigenvalue weighted by molar-refractivity contribution is 0.102. The van der Waals surface area contributed by atoms with Crippen molar-refractivity contribution in [1.82, 2.24) is 0 Å². The summed E-state index contributed by atoms with van der Waals surface area (Å²) in [7, 11) is -3.86. The maximum atomic E-state index is 12.4. The summed E-state index contributed by atoms with van der Waals surface area (Å²) in [6.07, 6.45) is 0. The molecule has 5 nitrogen and oxygen atoms in total. The smallest absolute Gasteiger partial charge is 0.257 e. The molecule has 0 aliphatic rings. The lowest BCUT2D eigenvalue weighted by Gasteiger charge is -2.13. The van der Waals surface area contributed by atoms with Crippen LogP contribution in [0, 0.1) is 13.8 Å². The Balaban J connectivity index is 2.45. The quantitative estimate of drug-likeness (QED) is 0.799. The number of amides is 1. The summed E-state index contributed by atoms with van der Waals surface area (Å²) < 4.78 is 23.8. The lowest BCUT2D eigenvalue weighted by Crippen LogP contribution is -2.16. The number of sulfonamides is 1. The number of hydrogen-bond acceptors (Lipinski definition) is 3. The van der Waals surface area contributed by atoms with Gasteiger partial charge < -0.3 is 5.32 Å². The van der Waals surface area contributed by atoms with Crippen molar-refractivity contribution in [1.29, 1.82) is 0 Å². The van der Waals surface area contributed by atoms with Gasteiger partial charge in [-0.25, -0.2) is 13.6 Å². The first-order valence-electron chi connectivity index (χ1n) is 6.50. The average molecular weight is 418 g/mol. The Bertz CT molecular complexity index is 898. The fourth-order valence-electron chi connectivity index (χ4n) is 1.98. The molecule has 0 unspecified atom stereocenters. The molecular weight excluding hydrogens is 404 g/mol. The van der Waals surface area contributed by atoms with E-state index >= 15 is 0 Å². The molecule has 0 aliphatic carbocycles. The Labute approximate surface area is 148 Å². The number of aryl methyl sites for hydroxylation is 1. The predicted octanol–water partition coefficient (Wildman–Crippen LogP) is 3.62. The number of halogens is 2. The summed E-state index contributed by atoms with van der Waals surface area (Å²) in [5.74, 6) is -0.439. The fraction of sp³-hybridized carbons (Fsp3) is 0.133. The zero-order valence-corrected chi connectivity index (χ0v) is 15.5. The lowest BCUT2D eigenvalue weighted by atomic mass is 10.1. The Morgan fingerprint density at radius 3 is 2.48 bits per heavy atom. The minimum Gasteiger partial charge on any atom is -0.322 e. The van der Waals surface area contributed by atoms with Crippen molar-refractivity contribution in [2.24, 2.45) is 5.14 Å². The van der Waals surface area contributed by atoms with Gasteiger partial charge in [-0.15, -0.1) is 0 Å². The van der Waals surface area contributed by atoms with E-state index in [1.165, 1.54) is 12.1 Å². The zero-order chi connectivity index (χ0) is 17.4. The van der Waals surface area contributed by atoms with E-state index in [9.17, 15) is 13.2 Å². The fourth-order valence-corrected chi connectivity index (χ4v) is 3.17. The molecule has 0 spiro atoms. The van der Waals surface area contributed by atoms with E-state index in [2.05, 4.69) is 21.2 Å². The highest BCUT2D eigenvalue weighted by Crippen LogP contribution is 2.26. The second-order valence-corrected chi connectivity index (χ2v) is 7.92. The highest BCUT2D eigenvalue weighted by atomic mass is 79.9. The topological polar surface area (TPSA) is 89.3 Å². The molecule has 0 heterocycles. The second kappa shape index (κ2) is 6.60.